The molecule has 0 radical (unpaired) electrons. The lowest BCUT2D eigenvalue weighted by atomic mass is 9.94. The minimum Gasteiger partial charge on any atom is -0.469 e. The summed E-state index contributed by atoms with van der Waals surface area (Å²) in [7, 11) is 1.40. The van der Waals surface area contributed by atoms with Crippen LogP contribution in [0.5, 0.6) is 0 Å². The lowest BCUT2D eigenvalue weighted by molar-refractivity contribution is -0.145. The van der Waals surface area contributed by atoms with Crippen molar-refractivity contribution in [1.82, 2.24) is 0 Å². The van der Waals surface area contributed by atoms with E-state index >= 15 is 0 Å². The molecule has 2 atom stereocenters. The number of hydrogen-bond acceptors (Lipinski definition) is 4. The average Bonchev–Trinajstić information content (AvgIpc) is 2.65. The summed E-state index contributed by atoms with van der Waals surface area (Å²) in [6, 6.07) is 0. The van der Waals surface area contributed by atoms with E-state index in [1.807, 2.05) is 0 Å². The summed E-state index contributed by atoms with van der Waals surface area (Å²) in [6.07, 6.45) is 1.83. The Morgan fingerprint density at radius 3 is 3.00 bits per heavy atom. The first-order chi connectivity index (χ1) is 6.27. The molecule has 1 aliphatic rings. The van der Waals surface area contributed by atoms with E-state index in [9.17, 15) is 4.79 Å². The molecule has 0 unspecified atom stereocenters. The van der Waals surface area contributed by atoms with E-state index in [1.54, 1.807) is 0 Å². The Morgan fingerprint density at radius 2 is 2.54 bits per heavy atom. The number of carbonyl (C=O) groups excluding carboxylic acids is 1. The van der Waals surface area contributed by atoms with Crippen LogP contribution >= 0.6 is 0 Å². The van der Waals surface area contributed by atoms with Crippen molar-refractivity contribution in [3.8, 4) is 0 Å². The third-order valence-electron chi connectivity index (χ3n) is 2.46. The molecule has 0 amide bonds. The minimum atomic E-state index is -0.200. The highest BCUT2D eigenvalue weighted by molar-refractivity contribution is 5.72. The van der Waals surface area contributed by atoms with Gasteiger partial charge in [0.2, 0.25) is 0 Å². The van der Waals surface area contributed by atoms with Gasteiger partial charge in [-0.15, -0.1) is 0 Å². The molecule has 0 aliphatic carbocycles. The van der Waals surface area contributed by atoms with Gasteiger partial charge in [-0.05, 0) is 18.8 Å². The number of hydrogen-bond donors (Lipinski definition) is 1. The van der Waals surface area contributed by atoms with E-state index in [2.05, 4.69) is 4.74 Å². The number of esters is 1. The largest absolute Gasteiger partial charge is 0.469 e. The highest BCUT2D eigenvalue weighted by Crippen LogP contribution is 2.21. The van der Waals surface area contributed by atoms with Gasteiger partial charge in [0.1, 0.15) is 0 Å². The highest BCUT2D eigenvalue weighted by atomic mass is 16.5. The van der Waals surface area contributed by atoms with Crippen molar-refractivity contribution in [3.63, 3.8) is 0 Å². The van der Waals surface area contributed by atoms with Crippen molar-refractivity contribution in [3.05, 3.63) is 0 Å². The quantitative estimate of drug-likeness (QED) is 0.637. The van der Waals surface area contributed by atoms with Crippen LogP contribution in [0.1, 0.15) is 12.8 Å². The summed E-state index contributed by atoms with van der Waals surface area (Å²) in [5.41, 5.74) is 5.49. The molecule has 2 N–H and O–H groups in total. The molecule has 0 bridgehead atoms. The normalized spacial score (nSPS) is 24.3. The molecule has 1 fully saturated rings. The second-order valence-electron chi connectivity index (χ2n) is 3.42. The number of ether oxygens (including phenoxy) is 2. The first-order valence-corrected chi connectivity index (χ1v) is 4.63. The molecular weight excluding hydrogens is 170 g/mol. The molecule has 4 heteroatoms. The molecule has 1 saturated heterocycles. The zero-order chi connectivity index (χ0) is 9.68. The topological polar surface area (TPSA) is 61.5 Å². The molecule has 0 aromatic rings. The second kappa shape index (κ2) is 5.19. The predicted octanol–water partition coefficient (Wildman–Crippen LogP) is 0.161. The Hall–Kier alpha value is -0.610. The predicted molar refractivity (Wildman–Crippen MR) is 48.1 cm³/mol. The van der Waals surface area contributed by atoms with Gasteiger partial charge in [-0.25, -0.2) is 0 Å². The first-order valence-electron chi connectivity index (χ1n) is 4.63. The fraction of sp³-hybridized carbons (Fsp3) is 0.889. The second-order valence-corrected chi connectivity index (χ2v) is 3.42. The molecule has 0 aromatic carbocycles. The number of carbonyl (C=O) groups is 1. The van der Waals surface area contributed by atoms with Crippen LogP contribution in [0.25, 0.3) is 0 Å². The van der Waals surface area contributed by atoms with Crippen LogP contribution in [-0.2, 0) is 14.3 Å². The lowest BCUT2D eigenvalue weighted by Crippen LogP contribution is -2.27. The maximum atomic E-state index is 11.2. The van der Waals surface area contributed by atoms with Crippen LogP contribution in [0.4, 0.5) is 0 Å². The maximum Gasteiger partial charge on any atom is 0.309 e. The van der Waals surface area contributed by atoms with E-state index in [0.717, 1.165) is 26.1 Å². The molecule has 1 heterocycles. The van der Waals surface area contributed by atoms with E-state index < -0.39 is 0 Å². The zero-order valence-electron chi connectivity index (χ0n) is 7.99. The Balaban J connectivity index is 2.33. The maximum absolute atomic E-state index is 11.2. The Bertz CT molecular complexity index is 166. The first kappa shape index (κ1) is 10.5. The van der Waals surface area contributed by atoms with Crippen LogP contribution in [0, 0.1) is 11.8 Å². The minimum absolute atomic E-state index is 0.156. The molecule has 0 saturated carbocycles. The summed E-state index contributed by atoms with van der Waals surface area (Å²) in [5.74, 6) is 0.124. The number of rotatable bonds is 4. The smallest absolute Gasteiger partial charge is 0.309 e. The standard InChI is InChI=1S/C9H17NO3/c1-12-9(11)8(5-10)4-7-2-3-13-6-7/h7-8H,2-6,10H2,1H3/t7-,8-/m1/s1. The molecule has 1 aliphatic heterocycles. The molecule has 13 heavy (non-hydrogen) atoms. The Morgan fingerprint density at radius 1 is 1.77 bits per heavy atom. The van der Waals surface area contributed by atoms with Crippen LogP contribution in [0.2, 0.25) is 0 Å². The molecule has 76 valence electrons. The van der Waals surface area contributed by atoms with E-state index in [0.29, 0.717) is 12.5 Å². The van der Waals surface area contributed by atoms with Crippen LogP contribution < -0.4 is 5.73 Å². The van der Waals surface area contributed by atoms with Gasteiger partial charge in [0.25, 0.3) is 0 Å². The fourth-order valence-electron chi connectivity index (χ4n) is 1.63. The lowest BCUT2D eigenvalue weighted by Gasteiger charge is -2.15. The fourth-order valence-corrected chi connectivity index (χ4v) is 1.63. The average molecular weight is 187 g/mol. The number of nitrogens with two attached hydrogens (primary N) is 1. The molecule has 4 nitrogen and oxygen atoms in total. The third kappa shape index (κ3) is 2.97. The van der Waals surface area contributed by atoms with Gasteiger partial charge in [0.05, 0.1) is 13.0 Å². The van der Waals surface area contributed by atoms with Gasteiger partial charge in [0, 0.05) is 19.8 Å². The highest BCUT2D eigenvalue weighted by Gasteiger charge is 2.24. The van der Waals surface area contributed by atoms with E-state index in [-0.39, 0.29) is 11.9 Å². The van der Waals surface area contributed by atoms with Crippen molar-refractivity contribution in [2.75, 3.05) is 26.9 Å². The van der Waals surface area contributed by atoms with Gasteiger partial charge < -0.3 is 15.2 Å². The summed E-state index contributed by atoms with van der Waals surface area (Å²) < 4.78 is 9.88. The molecule has 0 spiro atoms. The summed E-state index contributed by atoms with van der Waals surface area (Å²) in [6.45, 7) is 1.93. The molecule has 0 aromatic heterocycles. The van der Waals surface area contributed by atoms with Crippen molar-refractivity contribution in [2.24, 2.45) is 17.6 Å². The van der Waals surface area contributed by atoms with E-state index in [1.165, 1.54) is 7.11 Å². The van der Waals surface area contributed by atoms with Crippen molar-refractivity contribution >= 4 is 5.97 Å². The van der Waals surface area contributed by atoms with Gasteiger partial charge >= 0.3 is 5.97 Å². The van der Waals surface area contributed by atoms with Crippen molar-refractivity contribution in [2.45, 2.75) is 12.8 Å². The molecular formula is C9H17NO3. The van der Waals surface area contributed by atoms with Gasteiger partial charge in [-0.2, -0.15) is 0 Å². The van der Waals surface area contributed by atoms with Crippen LogP contribution in [0.15, 0.2) is 0 Å². The van der Waals surface area contributed by atoms with Gasteiger partial charge in [0.15, 0.2) is 0 Å². The summed E-state index contributed by atoms with van der Waals surface area (Å²) >= 11 is 0. The SMILES string of the molecule is COC(=O)[C@@H](CN)C[C@H]1CCOC1. The monoisotopic (exact) mass is 187 g/mol. The summed E-state index contributed by atoms with van der Waals surface area (Å²) in [4.78, 5) is 11.2. The third-order valence-corrected chi connectivity index (χ3v) is 2.46. The number of methoxy groups -OCH3 is 1. The van der Waals surface area contributed by atoms with Crippen LogP contribution in [0.3, 0.4) is 0 Å². The van der Waals surface area contributed by atoms with Crippen LogP contribution in [-0.4, -0.2) is 32.8 Å². The molecule has 1 rings (SSSR count). The van der Waals surface area contributed by atoms with Gasteiger partial charge in [-0.3, -0.25) is 4.79 Å². The zero-order valence-corrected chi connectivity index (χ0v) is 7.99. The van der Waals surface area contributed by atoms with E-state index in [4.69, 9.17) is 10.5 Å². The van der Waals surface area contributed by atoms with Crippen molar-refractivity contribution in [1.29, 1.82) is 0 Å². The van der Waals surface area contributed by atoms with Gasteiger partial charge in [-0.1, -0.05) is 0 Å². The van der Waals surface area contributed by atoms with Crippen molar-refractivity contribution < 1.29 is 14.3 Å². The Kier molecular flexibility index (Phi) is 4.18. The summed E-state index contributed by atoms with van der Waals surface area (Å²) in [5, 5.41) is 0. The Labute approximate surface area is 78.4 Å².